The van der Waals surface area contributed by atoms with Crippen molar-refractivity contribution in [2.75, 3.05) is 0 Å². The zero-order valence-electron chi connectivity index (χ0n) is 15.2. The molecule has 1 heterocycles. The molecule has 28 heavy (non-hydrogen) atoms. The molecule has 3 rings (SSSR count). The molecule has 1 fully saturated rings. The molecule has 0 N–H and O–H groups in total. The third kappa shape index (κ3) is 5.07. The first kappa shape index (κ1) is 19.8. The second-order valence-corrected chi connectivity index (χ2v) is 7.20. The van der Waals surface area contributed by atoms with Crippen LogP contribution in [0.3, 0.4) is 0 Å². The lowest BCUT2D eigenvalue weighted by Crippen LogP contribution is -2.31. The molecule has 0 unspecified atom stereocenters. The van der Waals surface area contributed by atoms with E-state index in [0.717, 1.165) is 16.1 Å². The van der Waals surface area contributed by atoms with Gasteiger partial charge in [0.1, 0.15) is 12.4 Å². The van der Waals surface area contributed by atoms with Crippen molar-refractivity contribution < 1.29 is 24.0 Å². The summed E-state index contributed by atoms with van der Waals surface area (Å²) in [5.74, 6) is -1.26. The van der Waals surface area contributed by atoms with Gasteiger partial charge in [-0.1, -0.05) is 45.8 Å². The first-order chi connectivity index (χ1) is 13.4. The Bertz CT molecular complexity index is 920. The van der Waals surface area contributed by atoms with Gasteiger partial charge < -0.3 is 9.57 Å². The third-order valence-electron chi connectivity index (χ3n) is 4.07. The maximum Gasteiger partial charge on any atom is 0.356 e. The molecule has 2 amide bonds. The second-order valence-electron chi connectivity index (χ2n) is 6.28. The Morgan fingerprint density at radius 1 is 1.11 bits per heavy atom. The summed E-state index contributed by atoms with van der Waals surface area (Å²) < 4.78 is 6.69. The van der Waals surface area contributed by atoms with Crippen molar-refractivity contribution in [1.82, 2.24) is 5.06 Å². The van der Waals surface area contributed by atoms with Crippen molar-refractivity contribution in [3.8, 4) is 5.75 Å². The number of benzene rings is 2. The largest absolute Gasteiger partial charge is 0.488 e. The van der Waals surface area contributed by atoms with Gasteiger partial charge in [-0.15, -0.1) is 5.06 Å². The van der Waals surface area contributed by atoms with Crippen LogP contribution in [0.15, 0.2) is 53.0 Å². The first-order valence-corrected chi connectivity index (χ1v) is 9.45. The van der Waals surface area contributed by atoms with E-state index in [0.29, 0.717) is 23.0 Å². The topological polar surface area (TPSA) is 72.9 Å². The maximum atomic E-state index is 12.0. The predicted octanol–water partition coefficient (Wildman–Crippen LogP) is 3.96. The van der Waals surface area contributed by atoms with Crippen molar-refractivity contribution >= 4 is 39.8 Å². The number of rotatable bonds is 6. The Balaban J connectivity index is 1.68. The number of ether oxygens (including phenoxy) is 1. The molecule has 0 aliphatic carbocycles. The van der Waals surface area contributed by atoms with Crippen molar-refractivity contribution in [3.05, 3.63) is 69.7 Å². The van der Waals surface area contributed by atoms with E-state index in [1.54, 1.807) is 12.1 Å². The number of amides is 2. The van der Waals surface area contributed by atoms with Crippen LogP contribution in [0.4, 0.5) is 0 Å². The van der Waals surface area contributed by atoms with E-state index in [-0.39, 0.29) is 12.8 Å². The van der Waals surface area contributed by atoms with E-state index >= 15 is 0 Å². The highest BCUT2D eigenvalue weighted by molar-refractivity contribution is 9.10. The van der Waals surface area contributed by atoms with Gasteiger partial charge in [0.05, 0.1) is 0 Å². The van der Waals surface area contributed by atoms with Gasteiger partial charge >= 0.3 is 5.97 Å². The molecule has 0 aromatic heterocycles. The van der Waals surface area contributed by atoms with E-state index < -0.39 is 17.8 Å². The average Bonchev–Trinajstić information content (AvgIpc) is 2.99. The summed E-state index contributed by atoms with van der Waals surface area (Å²) in [4.78, 5) is 39.8. The fourth-order valence-corrected chi connectivity index (χ4v) is 2.94. The highest BCUT2D eigenvalue weighted by Gasteiger charge is 2.32. The number of carbonyl (C=O) groups excluding carboxylic acids is 3. The molecule has 1 saturated heterocycles. The van der Waals surface area contributed by atoms with Gasteiger partial charge in [0.15, 0.2) is 0 Å². The molecule has 0 radical (unpaired) electrons. The number of hydrogen-bond acceptors (Lipinski definition) is 5. The highest BCUT2D eigenvalue weighted by Crippen LogP contribution is 2.25. The Kier molecular flexibility index (Phi) is 6.26. The van der Waals surface area contributed by atoms with E-state index in [1.165, 1.54) is 11.6 Å². The van der Waals surface area contributed by atoms with Crippen molar-refractivity contribution in [1.29, 1.82) is 0 Å². The maximum absolute atomic E-state index is 12.0. The second kappa shape index (κ2) is 8.84. The number of carbonyl (C=O) groups is 3. The fourth-order valence-electron chi connectivity index (χ4n) is 2.56. The zero-order valence-corrected chi connectivity index (χ0v) is 16.8. The van der Waals surface area contributed by atoms with Crippen LogP contribution in [0, 0.1) is 6.92 Å². The first-order valence-electron chi connectivity index (χ1n) is 8.66. The summed E-state index contributed by atoms with van der Waals surface area (Å²) in [5, 5.41) is 0.516. The highest BCUT2D eigenvalue weighted by atomic mass is 79.9. The molecule has 2 aromatic rings. The van der Waals surface area contributed by atoms with Gasteiger partial charge in [0.25, 0.3) is 11.8 Å². The van der Waals surface area contributed by atoms with Crippen LogP contribution in [-0.2, 0) is 25.8 Å². The Labute approximate surface area is 170 Å². The van der Waals surface area contributed by atoms with Gasteiger partial charge in [0.2, 0.25) is 0 Å². The fraction of sp³-hybridized carbons (Fsp3) is 0.190. The van der Waals surface area contributed by atoms with Gasteiger partial charge in [-0.05, 0) is 36.8 Å². The smallest absolute Gasteiger partial charge is 0.356 e. The van der Waals surface area contributed by atoms with Crippen LogP contribution in [0.25, 0.3) is 6.08 Å². The third-order valence-corrected chi connectivity index (χ3v) is 4.57. The van der Waals surface area contributed by atoms with E-state index in [1.807, 2.05) is 37.3 Å². The summed E-state index contributed by atoms with van der Waals surface area (Å²) in [6.07, 6.45) is 2.78. The summed E-state index contributed by atoms with van der Waals surface area (Å²) >= 11 is 3.39. The van der Waals surface area contributed by atoms with E-state index in [4.69, 9.17) is 9.57 Å². The summed E-state index contributed by atoms with van der Waals surface area (Å²) in [6.45, 7) is 2.40. The number of hydroxylamine groups is 2. The molecule has 2 aromatic carbocycles. The number of aryl methyl sites for hydroxylation is 1. The van der Waals surface area contributed by atoms with Crippen LogP contribution in [0.5, 0.6) is 5.75 Å². The van der Waals surface area contributed by atoms with Crippen molar-refractivity contribution in [3.63, 3.8) is 0 Å². The minimum atomic E-state index is -0.812. The number of nitrogens with zero attached hydrogens (tertiary/aromatic N) is 1. The van der Waals surface area contributed by atoms with Crippen LogP contribution >= 0.6 is 15.9 Å². The summed E-state index contributed by atoms with van der Waals surface area (Å²) in [6, 6.07) is 13.4. The molecular formula is C21H18BrNO5. The lowest BCUT2D eigenvalue weighted by atomic mass is 10.1. The molecule has 7 heteroatoms. The quantitative estimate of drug-likeness (QED) is 0.498. The standard InChI is InChI=1S/C21H18BrNO5/c1-14-2-4-15(5-3-14)13-27-18-8-7-17(22)12-16(18)6-11-21(26)28-23-19(24)9-10-20(23)25/h2-8,11-12H,9-10,13H2,1H3/b11-6+. The lowest BCUT2D eigenvalue weighted by molar-refractivity contribution is -0.193. The lowest BCUT2D eigenvalue weighted by Gasteiger charge is -2.11. The molecule has 0 spiro atoms. The molecular weight excluding hydrogens is 426 g/mol. The van der Waals surface area contributed by atoms with Crippen LogP contribution in [0.1, 0.15) is 29.5 Å². The van der Waals surface area contributed by atoms with Gasteiger partial charge in [-0.25, -0.2) is 4.79 Å². The molecule has 0 saturated carbocycles. The van der Waals surface area contributed by atoms with Gasteiger partial charge in [-0.2, -0.15) is 0 Å². The van der Waals surface area contributed by atoms with Gasteiger partial charge in [-0.3, -0.25) is 9.59 Å². The number of imide groups is 1. The Morgan fingerprint density at radius 3 is 2.46 bits per heavy atom. The average molecular weight is 444 g/mol. The zero-order chi connectivity index (χ0) is 20.1. The predicted molar refractivity (Wildman–Crippen MR) is 106 cm³/mol. The van der Waals surface area contributed by atoms with Crippen LogP contribution in [0.2, 0.25) is 0 Å². The normalized spacial score (nSPS) is 14.0. The number of halogens is 1. The van der Waals surface area contributed by atoms with Crippen LogP contribution < -0.4 is 4.74 Å². The van der Waals surface area contributed by atoms with Gasteiger partial charge in [0, 0.05) is 29.0 Å². The molecule has 6 nitrogen and oxygen atoms in total. The van der Waals surface area contributed by atoms with Crippen molar-refractivity contribution in [2.45, 2.75) is 26.4 Å². The summed E-state index contributed by atoms with van der Waals surface area (Å²) in [5.41, 5.74) is 2.84. The van der Waals surface area contributed by atoms with Crippen LogP contribution in [-0.4, -0.2) is 22.8 Å². The minimum absolute atomic E-state index is 0.0540. The minimum Gasteiger partial charge on any atom is -0.488 e. The molecule has 0 atom stereocenters. The number of hydrogen-bond donors (Lipinski definition) is 0. The Hall–Kier alpha value is -2.93. The van der Waals surface area contributed by atoms with E-state index in [9.17, 15) is 14.4 Å². The summed E-state index contributed by atoms with van der Waals surface area (Å²) in [7, 11) is 0. The monoisotopic (exact) mass is 443 g/mol. The SMILES string of the molecule is Cc1ccc(COc2ccc(Br)cc2/C=C/C(=O)ON2C(=O)CCC2=O)cc1. The molecule has 144 valence electrons. The van der Waals surface area contributed by atoms with Crippen molar-refractivity contribution in [2.24, 2.45) is 0 Å². The molecule has 0 bridgehead atoms. The molecule has 1 aliphatic rings. The van der Waals surface area contributed by atoms with E-state index in [2.05, 4.69) is 15.9 Å². The molecule has 1 aliphatic heterocycles. The Morgan fingerprint density at radius 2 is 1.79 bits per heavy atom.